The van der Waals surface area contributed by atoms with E-state index in [1.807, 2.05) is 11.8 Å². The Morgan fingerprint density at radius 3 is 3.06 bits per heavy atom. The highest BCUT2D eigenvalue weighted by atomic mass is 32.2. The van der Waals surface area contributed by atoms with Crippen LogP contribution in [0.1, 0.15) is 18.4 Å². The van der Waals surface area contributed by atoms with E-state index in [0.29, 0.717) is 12.5 Å². The second-order valence-electron chi connectivity index (χ2n) is 4.43. The van der Waals surface area contributed by atoms with Gasteiger partial charge in [0, 0.05) is 30.2 Å². The van der Waals surface area contributed by atoms with Crippen LogP contribution in [0.2, 0.25) is 0 Å². The molecule has 1 aliphatic heterocycles. The highest BCUT2D eigenvalue weighted by Crippen LogP contribution is 2.39. The van der Waals surface area contributed by atoms with Gasteiger partial charge in [0.15, 0.2) is 0 Å². The summed E-state index contributed by atoms with van der Waals surface area (Å²) < 4.78 is 0. The Hall–Kier alpha value is -1.16. The molecule has 3 nitrogen and oxygen atoms in total. The number of carbonyl (C=O) groups is 1. The Morgan fingerprint density at radius 2 is 2.35 bits per heavy atom. The summed E-state index contributed by atoms with van der Waals surface area (Å²) in [6.07, 6.45) is 0.962. The normalized spacial score (nSPS) is 18.9. The highest BCUT2D eigenvalue weighted by molar-refractivity contribution is 7.99. The van der Waals surface area contributed by atoms with E-state index in [1.54, 1.807) is 0 Å². The molecule has 1 N–H and O–H groups in total. The van der Waals surface area contributed by atoms with Crippen LogP contribution in [0.4, 0.5) is 5.69 Å². The van der Waals surface area contributed by atoms with Gasteiger partial charge in [-0.05, 0) is 25.0 Å². The summed E-state index contributed by atoms with van der Waals surface area (Å²) in [7, 11) is 2.07. The van der Waals surface area contributed by atoms with Crippen LogP contribution in [0, 0.1) is 6.92 Å². The molecule has 1 aromatic carbocycles. The molecular weight excluding hydrogens is 234 g/mol. The summed E-state index contributed by atoms with van der Waals surface area (Å²) in [6.45, 7) is 2.11. The van der Waals surface area contributed by atoms with Crippen LogP contribution < -0.4 is 4.90 Å². The van der Waals surface area contributed by atoms with Gasteiger partial charge in [-0.25, -0.2) is 0 Å². The second kappa shape index (κ2) is 5.00. The van der Waals surface area contributed by atoms with Gasteiger partial charge in [0.1, 0.15) is 0 Å². The summed E-state index contributed by atoms with van der Waals surface area (Å²) >= 11 is 1.83. The van der Waals surface area contributed by atoms with Crippen molar-refractivity contribution in [2.75, 3.05) is 17.7 Å². The Bertz CT molecular complexity index is 433. The van der Waals surface area contributed by atoms with Crippen molar-refractivity contribution >= 4 is 23.4 Å². The standard InChI is InChI=1S/C13H17NO2S/c1-9-4-3-5-11-13(9)14(2)10(8-17-11)6-7-12(15)16/h3-5,10H,6-8H2,1-2H3,(H,15,16). The van der Waals surface area contributed by atoms with Gasteiger partial charge in [0.05, 0.1) is 5.69 Å². The third-order valence-electron chi connectivity index (χ3n) is 3.22. The monoisotopic (exact) mass is 251 g/mol. The van der Waals surface area contributed by atoms with E-state index in [0.717, 1.165) is 5.75 Å². The molecule has 0 saturated carbocycles. The maximum atomic E-state index is 10.6. The number of hydrogen-bond acceptors (Lipinski definition) is 3. The Kier molecular flexibility index (Phi) is 3.62. The lowest BCUT2D eigenvalue weighted by Gasteiger charge is -2.36. The van der Waals surface area contributed by atoms with Crippen molar-refractivity contribution in [3.63, 3.8) is 0 Å². The van der Waals surface area contributed by atoms with Gasteiger partial charge in [-0.15, -0.1) is 11.8 Å². The number of anilines is 1. The third kappa shape index (κ3) is 2.57. The molecule has 17 heavy (non-hydrogen) atoms. The maximum absolute atomic E-state index is 10.6. The summed E-state index contributed by atoms with van der Waals surface area (Å²) in [5.41, 5.74) is 2.52. The number of carboxylic acid groups (broad SMARTS) is 1. The maximum Gasteiger partial charge on any atom is 0.303 e. The molecule has 1 heterocycles. The molecule has 1 aliphatic rings. The topological polar surface area (TPSA) is 40.5 Å². The molecule has 1 atom stereocenters. The van der Waals surface area contributed by atoms with Crippen LogP contribution in [-0.4, -0.2) is 29.9 Å². The molecule has 0 fully saturated rings. The molecule has 4 heteroatoms. The van der Waals surface area contributed by atoms with Gasteiger partial charge in [0.25, 0.3) is 0 Å². The minimum Gasteiger partial charge on any atom is -0.481 e. The number of hydrogen-bond donors (Lipinski definition) is 1. The smallest absolute Gasteiger partial charge is 0.303 e. The zero-order chi connectivity index (χ0) is 12.4. The van der Waals surface area contributed by atoms with E-state index in [9.17, 15) is 4.79 Å². The van der Waals surface area contributed by atoms with Crippen LogP contribution >= 0.6 is 11.8 Å². The summed E-state index contributed by atoms with van der Waals surface area (Å²) in [5, 5.41) is 8.75. The minimum absolute atomic E-state index is 0.247. The number of aryl methyl sites for hydroxylation is 1. The number of rotatable bonds is 3. The molecule has 0 radical (unpaired) electrons. The van der Waals surface area contributed by atoms with Crippen molar-refractivity contribution in [2.45, 2.75) is 30.7 Å². The van der Waals surface area contributed by atoms with Gasteiger partial charge in [-0.3, -0.25) is 4.79 Å². The average Bonchev–Trinajstić information content (AvgIpc) is 2.28. The first kappa shape index (κ1) is 12.3. The lowest BCUT2D eigenvalue weighted by molar-refractivity contribution is -0.137. The second-order valence-corrected chi connectivity index (χ2v) is 5.49. The minimum atomic E-state index is -0.709. The van der Waals surface area contributed by atoms with Gasteiger partial charge in [-0.1, -0.05) is 12.1 Å². The first-order chi connectivity index (χ1) is 8.09. The Morgan fingerprint density at radius 1 is 1.59 bits per heavy atom. The molecular formula is C13H17NO2S. The van der Waals surface area contributed by atoms with Crippen LogP contribution in [0.3, 0.4) is 0 Å². The van der Waals surface area contributed by atoms with Crippen LogP contribution in [0.5, 0.6) is 0 Å². The number of para-hydroxylation sites is 1. The fourth-order valence-corrected chi connectivity index (χ4v) is 3.63. The largest absolute Gasteiger partial charge is 0.481 e. The number of benzene rings is 1. The van der Waals surface area contributed by atoms with E-state index in [1.165, 1.54) is 16.1 Å². The fourth-order valence-electron chi connectivity index (χ4n) is 2.25. The molecule has 0 bridgehead atoms. The summed E-state index contributed by atoms with van der Waals surface area (Å²) in [5.74, 6) is 0.263. The van der Waals surface area contributed by atoms with E-state index >= 15 is 0 Å². The fraction of sp³-hybridized carbons (Fsp3) is 0.462. The van der Waals surface area contributed by atoms with Crippen molar-refractivity contribution < 1.29 is 9.90 Å². The molecule has 0 saturated heterocycles. The number of nitrogens with zero attached hydrogens (tertiary/aromatic N) is 1. The molecule has 0 amide bonds. The summed E-state index contributed by atoms with van der Waals surface area (Å²) in [4.78, 5) is 14.2. The number of fused-ring (bicyclic) bond motifs is 1. The van der Waals surface area contributed by atoms with Crippen molar-refractivity contribution in [2.24, 2.45) is 0 Å². The predicted octanol–water partition coefficient (Wildman–Crippen LogP) is 2.77. The zero-order valence-corrected chi connectivity index (χ0v) is 11.0. The highest BCUT2D eigenvalue weighted by Gasteiger charge is 2.25. The molecule has 92 valence electrons. The third-order valence-corrected chi connectivity index (χ3v) is 4.42. The van der Waals surface area contributed by atoms with Crippen molar-refractivity contribution in [3.05, 3.63) is 23.8 Å². The first-order valence-corrected chi connectivity index (χ1v) is 6.75. The van der Waals surface area contributed by atoms with E-state index in [-0.39, 0.29) is 6.42 Å². The zero-order valence-electron chi connectivity index (χ0n) is 10.1. The van der Waals surface area contributed by atoms with Gasteiger partial charge in [-0.2, -0.15) is 0 Å². The molecule has 0 aromatic heterocycles. The van der Waals surface area contributed by atoms with Crippen molar-refractivity contribution in [1.29, 1.82) is 0 Å². The molecule has 1 aromatic rings. The van der Waals surface area contributed by atoms with Crippen LogP contribution in [0.25, 0.3) is 0 Å². The summed E-state index contributed by atoms with van der Waals surface area (Å²) in [6, 6.07) is 6.64. The Balaban J connectivity index is 2.17. The van der Waals surface area contributed by atoms with E-state index in [2.05, 4.69) is 37.1 Å². The molecule has 1 unspecified atom stereocenters. The first-order valence-electron chi connectivity index (χ1n) is 5.76. The van der Waals surface area contributed by atoms with E-state index in [4.69, 9.17) is 5.11 Å². The SMILES string of the molecule is Cc1cccc2c1N(C)C(CCC(=O)O)CS2. The van der Waals surface area contributed by atoms with Crippen LogP contribution in [-0.2, 0) is 4.79 Å². The van der Waals surface area contributed by atoms with Crippen molar-refractivity contribution in [1.82, 2.24) is 0 Å². The lowest BCUT2D eigenvalue weighted by Crippen LogP contribution is -2.37. The molecule has 2 rings (SSSR count). The lowest BCUT2D eigenvalue weighted by atomic mass is 10.1. The molecule has 0 aliphatic carbocycles. The predicted molar refractivity (Wildman–Crippen MR) is 71.0 cm³/mol. The van der Waals surface area contributed by atoms with Gasteiger partial charge >= 0.3 is 5.97 Å². The van der Waals surface area contributed by atoms with Crippen molar-refractivity contribution in [3.8, 4) is 0 Å². The van der Waals surface area contributed by atoms with E-state index < -0.39 is 5.97 Å². The van der Waals surface area contributed by atoms with Gasteiger partial charge in [0.2, 0.25) is 0 Å². The average molecular weight is 251 g/mol. The number of thioether (sulfide) groups is 1. The van der Waals surface area contributed by atoms with Gasteiger partial charge < -0.3 is 10.0 Å². The Labute approximate surface area is 106 Å². The number of carboxylic acids is 1. The number of aliphatic carboxylic acids is 1. The molecule has 0 spiro atoms. The van der Waals surface area contributed by atoms with Crippen LogP contribution in [0.15, 0.2) is 23.1 Å². The quantitative estimate of drug-likeness (QED) is 0.896.